The smallest absolute Gasteiger partial charge is 0.129 e. The molecule has 0 N–H and O–H groups in total. The van der Waals surface area contributed by atoms with Gasteiger partial charge in [-0.25, -0.2) is 0 Å². The minimum Gasteiger partial charge on any atom is -0.365 e. The third kappa shape index (κ3) is 3.34. The van der Waals surface area contributed by atoms with Crippen molar-refractivity contribution in [2.45, 2.75) is 23.0 Å². The molecule has 0 fully saturated rings. The Morgan fingerprint density at radius 2 is 0.794 bits per heavy atom. The van der Waals surface area contributed by atoms with Crippen LogP contribution in [0.4, 0.5) is 0 Å². The quantitative estimate of drug-likeness (QED) is 0.390. The van der Waals surface area contributed by atoms with Gasteiger partial charge in [-0.3, -0.25) is 0 Å². The van der Waals surface area contributed by atoms with Gasteiger partial charge in [0.15, 0.2) is 0 Å². The van der Waals surface area contributed by atoms with Crippen molar-refractivity contribution in [2.24, 2.45) is 0 Å². The van der Waals surface area contributed by atoms with E-state index < -0.39 is 11.2 Å². The number of allylic oxidation sites excluding steroid dienone is 4. The SMILES string of the molecule is COC12C=CC(C=C1)c1ccc(cc1)-c1ccc(cc1)C1C=CC(OC)(C=C1)c1ccc2cc1. The molecule has 13 aliphatic rings. The van der Waals surface area contributed by atoms with Gasteiger partial charge in [0.2, 0.25) is 0 Å². The molecule has 0 saturated carbocycles. The first-order valence-electron chi connectivity index (χ1n) is 11.8. The Kier molecular flexibility index (Phi) is 5.02. The van der Waals surface area contributed by atoms with Crippen molar-refractivity contribution in [3.63, 3.8) is 0 Å². The molecule has 0 amide bonds. The Labute approximate surface area is 201 Å². The highest BCUT2D eigenvalue weighted by atomic mass is 16.5. The molecule has 0 aliphatic heterocycles. The fraction of sp³-hybridized carbons (Fsp3) is 0.188. The van der Waals surface area contributed by atoms with Gasteiger partial charge in [0.1, 0.15) is 11.2 Å². The fourth-order valence-electron chi connectivity index (χ4n) is 5.35. The molecule has 0 spiro atoms. The standard InChI is InChI=1S/C32H28O2/c1-33-31-19-15-27(16-20-31)25-7-3-23(4-8-25)24-5-9-26(10-6-24)28-17-21-32(34-2,22-18-28)30-13-11-29(31)12-14-30/h3-22,27-28H,1-2H3. The molecule has 3 aromatic carbocycles. The molecule has 0 aromatic heterocycles. The molecule has 0 heterocycles. The van der Waals surface area contributed by atoms with E-state index in [1.165, 1.54) is 22.3 Å². The van der Waals surface area contributed by atoms with Gasteiger partial charge in [-0.2, -0.15) is 0 Å². The first-order chi connectivity index (χ1) is 16.6. The van der Waals surface area contributed by atoms with E-state index in [9.17, 15) is 0 Å². The summed E-state index contributed by atoms with van der Waals surface area (Å²) in [6, 6.07) is 26.4. The van der Waals surface area contributed by atoms with Crippen LogP contribution in [0, 0.1) is 0 Å². The van der Waals surface area contributed by atoms with Crippen LogP contribution in [0.3, 0.4) is 0 Å². The van der Waals surface area contributed by atoms with Crippen LogP contribution >= 0.6 is 0 Å². The van der Waals surface area contributed by atoms with Crippen molar-refractivity contribution in [3.05, 3.63) is 144 Å². The molecule has 16 rings (SSSR count). The molecule has 0 unspecified atom stereocenters. The Morgan fingerprint density at radius 1 is 0.471 bits per heavy atom. The predicted octanol–water partition coefficient (Wildman–Crippen LogP) is 7.17. The van der Waals surface area contributed by atoms with E-state index in [1.54, 1.807) is 14.2 Å². The van der Waals surface area contributed by atoms with Crippen LogP contribution in [0.2, 0.25) is 0 Å². The van der Waals surface area contributed by atoms with Gasteiger partial charge in [0.25, 0.3) is 0 Å². The molecule has 10 bridgehead atoms. The maximum atomic E-state index is 6.04. The van der Waals surface area contributed by atoms with Crippen molar-refractivity contribution in [1.82, 2.24) is 0 Å². The molecule has 2 nitrogen and oxygen atoms in total. The average molecular weight is 445 g/mol. The molecule has 34 heavy (non-hydrogen) atoms. The normalized spacial score (nSPS) is 28.3. The molecule has 168 valence electrons. The van der Waals surface area contributed by atoms with Gasteiger partial charge in [-0.15, -0.1) is 0 Å². The van der Waals surface area contributed by atoms with Gasteiger partial charge in [0, 0.05) is 26.1 Å². The van der Waals surface area contributed by atoms with Crippen molar-refractivity contribution >= 4 is 0 Å². The lowest BCUT2D eigenvalue weighted by molar-refractivity contribution is 0.0677. The third-order valence-corrected chi connectivity index (χ3v) is 7.59. The van der Waals surface area contributed by atoms with Crippen molar-refractivity contribution < 1.29 is 9.47 Å². The number of methoxy groups -OCH3 is 2. The second-order valence-electron chi connectivity index (χ2n) is 9.30. The fourth-order valence-corrected chi connectivity index (χ4v) is 5.35. The van der Waals surface area contributed by atoms with Crippen molar-refractivity contribution in [2.75, 3.05) is 14.2 Å². The minimum atomic E-state index is -0.569. The van der Waals surface area contributed by atoms with Crippen LogP contribution in [0.1, 0.15) is 34.1 Å². The third-order valence-electron chi connectivity index (χ3n) is 7.59. The largest absolute Gasteiger partial charge is 0.365 e. The summed E-state index contributed by atoms with van der Waals surface area (Å²) in [5, 5.41) is 0. The van der Waals surface area contributed by atoms with Gasteiger partial charge in [-0.1, -0.05) is 97.1 Å². The number of hydrogen-bond donors (Lipinski definition) is 0. The van der Waals surface area contributed by atoms with Crippen LogP contribution in [-0.4, -0.2) is 14.2 Å². The average Bonchev–Trinajstić information content (AvgIpc) is 2.93. The minimum absolute atomic E-state index is 0.229. The summed E-state index contributed by atoms with van der Waals surface area (Å²) >= 11 is 0. The van der Waals surface area contributed by atoms with Crippen LogP contribution in [-0.2, 0) is 20.7 Å². The Hall–Kier alpha value is -3.46. The summed E-state index contributed by atoms with van der Waals surface area (Å²) in [5.74, 6) is 0.458. The molecule has 0 radical (unpaired) electrons. The number of ether oxygens (including phenoxy) is 2. The Balaban J connectivity index is 1.50. The highest BCUT2D eigenvalue weighted by Gasteiger charge is 2.32. The molecule has 0 atom stereocenters. The summed E-state index contributed by atoms with van der Waals surface area (Å²) in [5.41, 5.74) is 6.07. The maximum absolute atomic E-state index is 6.04. The lowest BCUT2D eigenvalue weighted by Crippen LogP contribution is -2.28. The van der Waals surface area contributed by atoms with Crippen LogP contribution < -0.4 is 0 Å². The van der Waals surface area contributed by atoms with Crippen molar-refractivity contribution in [1.29, 1.82) is 0 Å². The van der Waals surface area contributed by atoms with E-state index in [2.05, 4.69) is 121 Å². The van der Waals surface area contributed by atoms with E-state index in [0.717, 1.165) is 11.1 Å². The summed E-state index contributed by atoms with van der Waals surface area (Å²) < 4.78 is 12.1. The lowest BCUT2D eigenvalue weighted by Gasteiger charge is -2.33. The maximum Gasteiger partial charge on any atom is 0.129 e. The molecule has 2 heteroatoms. The highest BCUT2D eigenvalue weighted by molar-refractivity contribution is 5.65. The number of benzene rings is 3. The second kappa shape index (κ2) is 8.09. The summed E-state index contributed by atoms with van der Waals surface area (Å²) in [4.78, 5) is 0. The van der Waals surface area contributed by atoms with Gasteiger partial charge in [-0.05, 0) is 57.7 Å². The highest BCUT2D eigenvalue weighted by Crippen LogP contribution is 2.40. The zero-order chi connectivity index (χ0) is 23.2. The monoisotopic (exact) mass is 444 g/mol. The number of hydrogen-bond acceptors (Lipinski definition) is 2. The van der Waals surface area contributed by atoms with E-state index in [1.807, 2.05) is 0 Å². The van der Waals surface area contributed by atoms with Crippen molar-refractivity contribution in [3.8, 4) is 11.1 Å². The Morgan fingerprint density at radius 3 is 1.09 bits per heavy atom. The molecule has 13 aliphatic carbocycles. The van der Waals surface area contributed by atoms with E-state index in [-0.39, 0.29) is 11.8 Å². The zero-order valence-electron chi connectivity index (χ0n) is 19.5. The molecule has 3 aromatic rings. The topological polar surface area (TPSA) is 18.5 Å². The second-order valence-corrected chi connectivity index (χ2v) is 9.30. The summed E-state index contributed by atoms with van der Waals surface area (Å²) in [7, 11) is 3.54. The van der Waals surface area contributed by atoms with Gasteiger partial charge < -0.3 is 9.47 Å². The van der Waals surface area contributed by atoms with Crippen LogP contribution in [0.25, 0.3) is 11.1 Å². The first-order valence-corrected chi connectivity index (χ1v) is 11.8. The molecular formula is C32H28O2. The number of rotatable bonds is 2. The van der Waals surface area contributed by atoms with Crippen LogP contribution in [0.15, 0.2) is 121 Å². The van der Waals surface area contributed by atoms with Gasteiger partial charge >= 0.3 is 0 Å². The zero-order valence-corrected chi connectivity index (χ0v) is 19.5. The van der Waals surface area contributed by atoms with Gasteiger partial charge in [0.05, 0.1) is 0 Å². The van der Waals surface area contributed by atoms with E-state index in [0.29, 0.717) is 0 Å². The summed E-state index contributed by atoms with van der Waals surface area (Å²) in [6.07, 6.45) is 17.7. The molecular weight excluding hydrogens is 416 g/mol. The van der Waals surface area contributed by atoms with E-state index >= 15 is 0 Å². The first kappa shape index (κ1) is 21.1. The predicted molar refractivity (Wildman–Crippen MR) is 138 cm³/mol. The summed E-state index contributed by atoms with van der Waals surface area (Å²) in [6.45, 7) is 0. The van der Waals surface area contributed by atoms with E-state index in [4.69, 9.17) is 9.47 Å². The Bertz CT molecular complexity index is 1170. The lowest BCUT2D eigenvalue weighted by atomic mass is 9.81. The molecule has 0 saturated heterocycles. The van der Waals surface area contributed by atoms with Crippen LogP contribution in [0.5, 0.6) is 0 Å².